The summed E-state index contributed by atoms with van der Waals surface area (Å²) in [6, 6.07) is 4.65. The Bertz CT molecular complexity index is 2020. The van der Waals surface area contributed by atoms with E-state index in [0.717, 1.165) is 45.7 Å². The van der Waals surface area contributed by atoms with Gasteiger partial charge in [0.2, 0.25) is 5.52 Å². The number of nitrogens with zero attached hydrogens (tertiary/aromatic N) is 6. The van der Waals surface area contributed by atoms with E-state index in [1.807, 2.05) is 25.3 Å². The lowest BCUT2D eigenvalue weighted by molar-refractivity contribution is -0.675. The van der Waals surface area contributed by atoms with E-state index in [1.165, 1.54) is 41.6 Å². The fraction of sp³-hybridized carbons (Fsp3) is 0.300. The first-order valence-electron chi connectivity index (χ1n) is 14.5. The van der Waals surface area contributed by atoms with Crippen LogP contribution in [0, 0.1) is 12.7 Å². The van der Waals surface area contributed by atoms with Crippen molar-refractivity contribution >= 4 is 74.4 Å². The van der Waals surface area contributed by atoms with Crippen LogP contribution >= 0.6 is 34.9 Å². The second-order valence-corrected chi connectivity index (χ2v) is 14.2. The fourth-order valence-corrected chi connectivity index (χ4v) is 8.76. The Kier molecular flexibility index (Phi) is 8.13. The van der Waals surface area contributed by atoms with Crippen LogP contribution in [0.15, 0.2) is 63.6 Å². The van der Waals surface area contributed by atoms with Gasteiger partial charge < -0.3 is 25.6 Å². The van der Waals surface area contributed by atoms with Gasteiger partial charge >= 0.3 is 5.97 Å². The van der Waals surface area contributed by atoms with Gasteiger partial charge in [-0.3, -0.25) is 14.5 Å². The summed E-state index contributed by atoms with van der Waals surface area (Å²) in [6.07, 6.45) is 7.44. The number of nitrogens with two attached hydrogens (primary N) is 1. The van der Waals surface area contributed by atoms with Gasteiger partial charge in [0.15, 0.2) is 23.1 Å². The number of nitrogens with one attached hydrogen (secondary N) is 1. The average molecular weight is 696 g/mol. The number of oxime groups is 1. The molecule has 5 heterocycles. The third kappa shape index (κ3) is 5.72. The third-order valence-electron chi connectivity index (χ3n) is 8.03. The minimum Gasteiger partial charge on any atom is -0.477 e. The summed E-state index contributed by atoms with van der Waals surface area (Å²) in [7, 11) is 1.28. The van der Waals surface area contributed by atoms with E-state index in [2.05, 4.69) is 25.0 Å². The molecule has 0 spiro atoms. The molecule has 7 rings (SSSR count). The zero-order chi connectivity index (χ0) is 33.0. The number of hydrogen-bond donors (Lipinski definition) is 3. The van der Waals surface area contributed by atoms with Gasteiger partial charge in [0.25, 0.3) is 11.8 Å². The second-order valence-electron chi connectivity index (χ2n) is 11.2. The van der Waals surface area contributed by atoms with E-state index in [4.69, 9.17) is 10.6 Å². The fourth-order valence-electron chi connectivity index (χ4n) is 5.69. The van der Waals surface area contributed by atoms with E-state index in [-0.39, 0.29) is 28.0 Å². The first kappa shape index (κ1) is 31.1. The van der Waals surface area contributed by atoms with Crippen molar-refractivity contribution in [2.75, 3.05) is 24.3 Å². The summed E-state index contributed by atoms with van der Waals surface area (Å²) in [5.74, 6) is -2.30. The highest BCUT2D eigenvalue weighted by atomic mass is 32.2. The number of fused-ring (bicyclic) bond motifs is 2. The van der Waals surface area contributed by atoms with Crippen molar-refractivity contribution < 1.29 is 33.3 Å². The number of β-lactam (4-membered cyclic amide) rings is 1. The predicted octanol–water partition coefficient (Wildman–Crippen LogP) is 3.02. The summed E-state index contributed by atoms with van der Waals surface area (Å²) in [5, 5.41) is 18.5. The monoisotopic (exact) mass is 695 g/mol. The molecule has 2 unspecified atom stereocenters. The number of carbonyl (C=O) groups is 3. The first-order valence-corrected chi connectivity index (χ1v) is 17.4. The van der Waals surface area contributed by atoms with Crippen molar-refractivity contribution in [2.45, 2.75) is 42.1 Å². The van der Waals surface area contributed by atoms with Gasteiger partial charge in [-0.15, -0.1) is 34.9 Å². The molecule has 3 aliphatic rings. The van der Waals surface area contributed by atoms with E-state index in [9.17, 15) is 19.5 Å². The zero-order valence-electron chi connectivity index (χ0n) is 25.0. The minimum absolute atomic E-state index is 0.105. The van der Waals surface area contributed by atoms with Crippen molar-refractivity contribution in [3.63, 3.8) is 0 Å². The van der Waals surface area contributed by atoms with Crippen molar-refractivity contribution in [1.82, 2.24) is 24.8 Å². The van der Waals surface area contributed by atoms with Crippen LogP contribution in [-0.4, -0.2) is 78.1 Å². The quantitative estimate of drug-likeness (QED) is 0.0738. The van der Waals surface area contributed by atoms with E-state index in [0.29, 0.717) is 23.1 Å². The maximum absolute atomic E-state index is 15.5. The number of halogens is 1. The number of nitrogen functional groups attached to an aromatic ring is 1. The first-order chi connectivity index (χ1) is 22.6. The molecule has 47 heavy (non-hydrogen) atoms. The van der Waals surface area contributed by atoms with E-state index in [1.54, 1.807) is 22.5 Å². The van der Waals surface area contributed by atoms with Gasteiger partial charge in [0, 0.05) is 53.0 Å². The average Bonchev–Trinajstić information content (AvgIpc) is 3.66. The highest BCUT2D eigenvalue weighted by Gasteiger charge is 2.54. The van der Waals surface area contributed by atoms with Crippen LogP contribution in [0.4, 0.5) is 9.52 Å². The molecule has 0 radical (unpaired) electrons. The van der Waals surface area contributed by atoms with Gasteiger partial charge in [-0.1, -0.05) is 5.16 Å². The van der Waals surface area contributed by atoms with Crippen molar-refractivity contribution in [1.29, 1.82) is 0 Å². The number of carbonyl (C=O) groups excluding carboxylic acids is 2. The number of carboxylic acid groups (broad SMARTS) is 1. The second kappa shape index (κ2) is 12.3. The number of thiazole rings is 1. The smallest absolute Gasteiger partial charge is 0.352 e. The normalized spacial score (nSPS) is 19.5. The Morgan fingerprint density at radius 1 is 1.34 bits per heavy atom. The number of aliphatic carboxylic acids is 1. The molecule has 2 fully saturated rings. The number of aromatic nitrogens is 4. The molecule has 2 atom stereocenters. The van der Waals surface area contributed by atoms with Crippen molar-refractivity contribution in [3.05, 3.63) is 70.8 Å². The molecule has 4 N–H and O–H groups in total. The number of hydrogen-bond acceptors (Lipinski definition) is 11. The summed E-state index contributed by atoms with van der Waals surface area (Å²) >= 11 is 3.87. The number of amides is 2. The molecule has 2 amide bonds. The Morgan fingerprint density at radius 3 is 2.81 bits per heavy atom. The Hall–Kier alpha value is -4.48. The Balaban J connectivity index is 1.13. The maximum atomic E-state index is 15.5. The number of thioether (sulfide) groups is 2. The topological polar surface area (TPSA) is 169 Å². The highest BCUT2D eigenvalue weighted by molar-refractivity contribution is 8.01. The lowest BCUT2D eigenvalue weighted by Gasteiger charge is -2.49. The maximum Gasteiger partial charge on any atom is 0.352 e. The molecular weight excluding hydrogens is 668 g/mol. The number of imidazole rings is 1. The lowest BCUT2D eigenvalue weighted by Crippen LogP contribution is -2.71. The molecular formula is C30H28FN8O5S3+. The molecule has 2 aliphatic heterocycles. The molecule has 0 bridgehead atoms. The summed E-state index contributed by atoms with van der Waals surface area (Å²) in [4.78, 5) is 54.0. The summed E-state index contributed by atoms with van der Waals surface area (Å²) in [6.45, 7) is 1.85. The van der Waals surface area contributed by atoms with Crippen LogP contribution < -0.4 is 15.6 Å². The third-order valence-corrected chi connectivity index (χ3v) is 11.2. The number of carboxylic acids is 1. The van der Waals surface area contributed by atoms with Gasteiger partial charge in [0.05, 0.1) is 23.1 Å². The summed E-state index contributed by atoms with van der Waals surface area (Å²) in [5.41, 5.74) is 8.24. The van der Waals surface area contributed by atoms with Crippen LogP contribution in [0.25, 0.3) is 16.6 Å². The zero-order valence-corrected chi connectivity index (χ0v) is 27.5. The number of benzene rings is 1. The number of pyridine rings is 1. The van der Waals surface area contributed by atoms with Gasteiger partial charge in [-0.05, 0) is 18.6 Å². The van der Waals surface area contributed by atoms with Crippen molar-refractivity contribution in [2.24, 2.45) is 5.16 Å². The molecule has 17 heteroatoms. The highest BCUT2D eigenvalue weighted by Crippen LogP contribution is 2.42. The van der Waals surface area contributed by atoms with Gasteiger partial charge in [-0.2, -0.15) is 4.57 Å². The molecule has 4 aromatic rings. The SMILES string of the molecule is CO/N=C(\C(=O)NC1C(=O)N2C(C(=O)O)=C(CSc3cc[n+](C4CC4)c4cc(-n5cnc(C)c5)c(F)cc34)CSC12)c1csc(N)n1. The van der Waals surface area contributed by atoms with Gasteiger partial charge in [0.1, 0.15) is 35.7 Å². The Morgan fingerprint density at radius 2 is 2.15 bits per heavy atom. The lowest BCUT2D eigenvalue weighted by atomic mass is 10.0. The molecule has 1 aromatic carbocycles. The summed E-state index contributed by atoms with van der Waals surface area (Å²) < 4.78 is 19.3. The Labute approximate surface area is 279 Å². The molecule has 1 saturated heterocycles. The van der Waals surface area contributed by atoms with Crippen LogP contribution in [0.2, 0.25) is 0 Å². The van der Waals surface area contributed by atoms with Crippen molar-refractivity contribution in [3.8, 4) is 5.69 Å². The van der Waals surface area contributed by atoms with Crippen LogP contribution in [0.3, 0.4) is 0 Å². The number of rotatable bonds is 10. The standard InChI is InChI=1S/C30H27FN8O5S3/c1-14-9-37(13-33-14)21-8-20-17(7-18(21)31)22(5-6-38(20)16-3-4-16)45-10-15-11-46-28-24(27(41)39(28)25(15)29(42)43)35-26(40)23(36-44-2)19-12-47-30(32)34-19/h5-9,12-13,16,24,28H,3-4,10-11H2,1-2H3,(H3-,32,34,35,40,42,43)/p+1/b36-23-. The molecule has 1 saturated carbocycles. The van der Waals surface area contributed by atoms with Crippen LogP contribution in [0.1, 0.15) is 30.3 Å². The van der Waals surface area contributed by atoms with E-state index < -0.39 is 35.0 Å². The molecule has 3 aromatic heterocycles. The van der Waals surface area contributed by atoms with Gasteiger partial charge in [-0.25, -0.2) is 19.2 Å². The molecule has 13 nitrogen and oxygen atoms in total. The predicted molar refractivity (Wildman–Crippen MR) is 175 cm³/mol. The van der Waals surface area contributed by atoms with E-state index >= 15 is 4.39 Å². The molecule has 242 valence electrons. The number of anilines is 1. The minimum atomic E-state index is -1.24. The molecule has 1 aliphatic carbocycles. The van der Waals surface area contributed by atoms with Crippen LogP contribution in [0.5, 0.6) is 0 Å². The van der Waals surface area contributed by atoms with Crippen LogP contribution in [-0.2, 0) is 19.2 Å². The largest absolute Gasteiger partial charge is 0.477 e. The number of aryl methyl sites for hydroxylation is 1.